The van der Waals surface area contributed by atoms with Gasteiger partial charge in [-0.3, -0.25) is 4.79 Å². The lowest BCUT2D eigenvalue weighted by atomic mass is 10.1. The van der Waals surface area contributed by atoms with Crippen LogP contribution in [0.5, 0.6) is 0 Å². The zero-order valence-corrected chi connectivity index (χ0v) is 13.9. The number of aromatic nitrogens is 1. The van der Waals surface area contributed by atoms with Crippen molar-refractivity contribution in [2.75, 3.05) is 18.6 Å². The number of carbonyl (C=O) groups is 2. The summed E-state index contributed by atoms with van der Waals surface area (Å²) in [6.45, 7) is 0.952. The number of benzene rings is 2. The number of carbonyl (C=O) groups excluding carboxylic acids is 2. The first-order valence-electron chi connectivity index (χ1n) is 8.23. The number of hydrogen-bond acceptors (Lipinski definition) is 3. The molecule has 0 bridgehead atoms. The molecule has 4 rings (SSSR count). The highest BCUT2D eigenvalue weighted by Crippen LogP contribution is 2.28. The van der Waals surface area contributed by atoms with Crippen LogP contribution in [0.4, 0.5) is 5.69 Å². The molecule has 0 aliphatic carbocycles. The van der Waals surface area contributed by atoms with Crippen molar-refractivity contribution in [3.63, 3.8) is 0 Å². The van der Waals surface area contributed by atoms with E-state index >= 15 is 0 Å². The van der Waals surface area contributed by atoms with Gasteiger partial charge in [0.15, 0.2) is 0 Å². The number of methoxy groups -OCH3 is 1. The van der Waals surface area contributed by atoms with Crippen LogP contribution in [0.15, 0.2) is 54.7 Å². The molecule has 0 saturated heterocycles. The van der Waals surface area contributed by atoms with Gasteiger partial charge in [0.25, 0.3) is 0 Å². The summed E-state index contributed by atoms with van der Waals surface area (Å²) in [7, 11) is 1.36. The topological polar surface area (TPSA) is 51.5 Å². The van der Waals surface area contributed by atoms with Gasteiger partial charge < -0.3 is 14.2 Å². The molecule has 2 heterocycles. The van der Waals surface area contributed by atoms with E-state index in [1.807, 2.05) is 46.0 Å². The van der Waals surface area contributed by atoms with Crippen molar-refractivity contribution in [3.05, 3.63) is 65.9 Å². The van der Waals surface area contributed by atoms with Gasteiger partial charge in [0.2, 0.25) is 5.91 Å². The number of amides is 1. The van der Waals surface area contributed by atoms with Gasteiger partial charge in [-0.25, -0.2) is 4.79 Å². The van der Waals surface area contributed by atoms with Crippen LogP contribution in [0.25, 0.3) is 10.9 Å². The molecule has 25 heavy (non-hydrogen) atoms. The van der Waals surface area contributed by atoms with Gasteiger partial charge >= 0.3 is 5.97 Å². The third-order valence-electron chi connectivity index (χ3n) is 4.69. The quantitative estimate of drug-likeness (QED) is 0.692. The van der Waals surface area contributed by atoms with E-state index in [1.165, 1.54) is 12.7 Å². The van der Waals surface area contributed by atoms with Gasteiger partial charge in [-0.15, -0.1) is 0 Å². The fraction of sp³-hybridized carbons (Fsp3) is 0.200. The Balaban J connectivity index is 1.63. The molecular weight excluding hydrogens is 316 g/mol. The van der Waals surface area contributed by atoms with Gasteiger partial charge in [0, 0.05) is 23.9 Å². The standard InChI is InChI=1S/C20H18N2O3/c1-25-20(24)16-7-6-15-8-10-21(18(15)12-16)13-19(23)22-11-9-14-4-2-3-5-17(14)22/h2-8,10,12H,9,11,13H2,1H3. The van der Waals surface area contributed by atoms with Crippen molar-refractivity contribution >= 4 is 28.5 Å². The van der Waals surface area contributed by atoms with Gasteiger partial charge in [-0.05, 0) is 41.6 Å². The first-order valence-corrected chi connectivity index (χ1v) is 8.23. The summed E-state index contributed by atoms with van der Waals surface area (Å²) in [5.41, 5.74) is 3.54. The summed E-state index contributed by atoms with van der Waals surface area (Å²) >= 11 is 0. The van der Waals surface area contributed by atoms with Crippen molar-refractivity contribution in [3.8, 4) is 0 Å². The van der Waals surface area contributed by atoms with E-state index in [4.69, 9.17) is 4.74 Å². The Hall–Kier alpha value is -3.08. The Morgan fingerprint density at radius 3 is 2.80 bits per heavy atom. The largest absolute Gasteiger partial charge is 0.465 e. The summed E-state index contributed by atoms with van der Waals surface area (Å²) in [6.07, 6.45) is 2.77. The second-order valence-corrected chi connectivity index (χ2v) is 6.13. The zero-order chi connectivity index (χ0) is 17.4. The monoisotopic (exact) mass is 334 g/mol. The van der Waals surface area contributed by atoms with E-state index < -0.39 is 0 Å². The van der Waals surface area contributed by atoms with E-state index in [0.29, 0.717) is 12.1 Å². The lowest BCUT2D eigenvalue weighted by Crippen LogP contribution is -2.32. The van der Waals surface area contributed by atoms with Crippen LogP contribution in [0.3, 0.4) is 0 Å². The highest BCUT2D eigenvalue weighted by Gasteiger charge is 2.24. The Kier molecular flexibility index (Phi) is 3.76. The van der Waals surface area contributed by atoms with E-state index in [0.717, 1.165) is 23.0 Å². The molecule has 5 nitrogen and oxygen atoms in total. The number of anilines is 1. The molecule has 5 heteroatoms. The highest BCUT2D eigenvalue weighted by molar-refractivity contribution is 5.97. The number of ether oxygens (including phenoxy) is 1. The molecule has 0 radical (unpaired) electrons. The Morgan fingerprint density at radius 2 is 1.96 bits per heavy atom. The predicted molar refractivity (Wildman–Crippen MR) is 95.8 cm³/mol. The molecule has 126 valence electrons. The minimum Gasteiger partial charge on any atom is -0.465 e. The number of para-hydroxylation sites is 1. The van der Waals surface area contributed by atoms with Gasteiger partial charge in [-0.2, -0.15) is 0 Å². The summed E-state index contributed by atoms with van der Waals surface area (Å²) in [4.78, 5) is 26.4. The number of rotatable bonds is 3. The lowest BCUT2D eigenvalue weighted by molar-refractivity contribution is -0.119. The predicted octanol–water partition coefficient (Wildman–Crippen LogP) is 3.02. The average Bonchev–Trinajstić information content (AvgIpc) is 3.25. The first-order chi connectivity index (χ1) is 12.2. The van der Waals surface area contributed by atoms with Gasteiger partial charge in [0.1, 0.15) is 6.54 Å². The van der Waals surface area contributed by atoms with Crippen LogP contribution in [0.1, 0.15) is 15.9 Å². The molecular formula is C20H18N2O3. The second-order valence-electron chi connectivity index (χ2n) is 6.13. The van der Waals surface area contributed by atoms with Crippen molar-refractivity contribution in [1.82, 2.24) is 4.57 Å². The maximum atomic E-state index is 12.8. The average molecular weight is 334 g/mol. The minimum absolute atomic E-state index is 0.0471. The molecule has 1 aliphatic heterocycles. The highest BCUT2D eigenvalue weighted by atomic mass is 16.5. The van der Waals surface area contributed by atoms with Crippen LogP contribution in [0.2, 0.25) is 0 Å². The van der Waals surface area contributed by atoms with Crippen LogP contribution >= 0.6 is 0 Å². The maximum absolute atomic E-state index is 12.8. The Morgan fingerprint density at radius 1 is 1.12 bits per heavy atom. The van der Waals surface area contributed by atoms with Crippen molar-refractivity contribution in [2.45, 2.75) is 13.0 Å². The first kappa shape index (κ1) is 15.4. The van der Waals surface area contributed by atoms with E-state index in [2.05, 4.69) is 6.07 Å². The number of esters is 1. The smallest absolute Gasteiger partial charge is 0.337 e. The van der Waals surface area contributed by atoms with E-state index in [-0.39, 0.29) is 18.4 Å². The molecule has 0 N–H and O–H groups in total. The normalized spacial score (nSPS) is 13.1. The van der Waals surface area contributed by atoms with Crippen molar-refractivity contribution in [2.24, 2.45) is 0 Å². The van der Waals surface area contributed by atoms with Gasteiger partial charge in [0.05, 0.1) is 12.7 Å². The molecule has 0 atom stereocenters. The Bertz CT molecular complexity index is 974. The molecule has 1 aromatic heterocycles. The molecule has 1 amide bonds. The number of fused-ring (bicyclic) bond motifs is 2. The van der Waals surface area contributed by atoms with Crippen LogP contribution in [0, 0.1) is 0 Å². The van der Waals surface area contributed by atoms with Crippen LogP contribution in [-0.2, 0) is 22.5 Å². The van der Waals surface area contributed by atoms with Crippen LogP contribution in [-0.4, -0.2) is 30.1 Å². The summed E-state index contributed by atoms with van der Waals surface area (Å²) < 4.78 is 6.66. The molecule has 2 aromatic carbocycles. The molecule has 0 fully saturated rings. The third-order valence-corrected chi connectivity index (χ3v) is 4.69. The summed E-state index contributed by atoms with van der Waals surface area (Å²) in [5, 5.41) is 0.988. The van der Waals surface area contributed by atoms with Crippen molar-refractivity contribution in [1.29, 1.82) is 0 Å². The van der Waals surface area contributed by atoms with E-state index in [9.17, 15) is 9.59 Å². The molecule has 0 saturated carbocycles. The zero-order valence-electron chi connectivity index (χ0n) is 13.9. The lowest BCUT2D eigenvalue weighted by Gasteiger charge is -2.18. The number of hydrogen-bond donors (Lipinski definition) is 0. The molecule has 0 unspecified atom stereocenters. The molecule has 1 aliphatic rings. The fourth-order valence-electron chi connectivity index (χ4n) is 3.40. The molecule has 3 aromatic rings. The Labute approximate surface area is 145 Å². The fourth-order valence-corrected chi connectivity index (χ4v) is 3.40. The second kappa shape index (κ2) is 6.09. The van der Waals surface area contributed by atoms with E-state index in [1.54, 1.807) is 12.1 Å². The van der Waals surface area contributed by atoms with Crippen molar-refractivity contribution < 1.29 is 14.3 Å². The summed E-state index contributed by atoms with van der Waals surface area (Å²) in [5.74, 6) is -0.333. The minimum atomic E-state index is -0.380. The summed E-state index contributed by atoms with van der Waals surface area (Å²) in [6, 6.07) is 15.3. The maximum Gasteiger partial charge on any atom is 0.337 e. The third kappa shape index (κ3) is 2.67. The van der Waals surface area contributed by atoms with Gasteiger partial charge in [-0.1, -0.05) is 24.3 Å². The number of nitrogens with zero attached hydrogens (tertiary/aromatic N) is 2. The SMILES string of the molecule is COC(=O)c1ccc2ccn(CC(=O)N3CCc4ccccc43)c2c1. The molecule has 0 spiro atoms. The van der Waals surface area contributed by atoms with Crippen LogP contribution < -0.4 is 4.90 Å².